The van der Waals surface area contributed by atoms with Gasteiger partial charge in [0.1, 0.15) is 0 Å². The molecule has 0 saturated carbocycles. The molecule has 1 unspecified atom stereocenters. The summed E-state index contributed by atoms with van der Waals surface area (Å²) in [5.74, 6) is 0.616. The van der Waals surface area contributed by atoms with E-state index >= 15 is 0 Å². The number of nitrogens with one attached hydrogen (secondary N) is 2. The molecule has 0 amide bonds. The summed E-state index contributed by atoms with van der Waals surface area (Å²) in [6.45, 7) is 4.28. The van der Waals surface area contributed by atoms with Crippen molar-refractivity contribution in [2.45, 2.75) is 13.3 Å². The van der Waals surface area contributed by atoms with E-state index in [-0.39, 0.29) is 0 Å². The number of anilines is 1. The van der Waals surface area contributed by atoms with Crippen LogP contribution < -0.4 is 10.6 Å². The summed E-state index contributed by atoms with van der Waals surface area (Å²) >= 11 is 0. The van der Waals surface area contributed by atoms with Gasteiger partial charge in [0, 0.05) is 12.2 Å². The van der Waals surface area contributed by atoms with Gasteiger partial charge in [0.05, 0.1) is 0 Å². The fourth-order valence-electron chi connectivity index (χ4n) is 2.37. The topological polar surface area (TPSA) is 24.1 Å². The van der Waals surface area contributed by atoms with Gasteiger partial charge in [0.25, 0.3) is 0 Å². The maximum Gasteiger partial charge on any atom is 0.0376 e. The van der Waals surface area contributed by atoms with E-state index in [2.05, 4.69) is 72.2 Å². The van der Waals surface area contributed by atoms with E-state index in [4.69, 9.17) is 0 Å². The Morgan fingerprint density at radius 2 is 1.60 bits per heavy atom. The average Bonchev–Trinajstić information content (AvgIpc) is 2.48. The Bertz CT molecular complexity index is 508. The van der Waals surface area contributed by atoms with Crippen LogP contribution in [-0.4, -0.2) is 20.1 Å². The van der Waals surface area contributed by atoms with Crippen LogP contribution in [0.2, 0.25) is 0 Å². The van der Waals surface area contributed by atoms with Crippen LogP contribution in [0, 0.1) is 5.92 Å². The third-order valence-electron chi connectivity index (χ3n) is 3.45. The monoisotopic (exact) mass is 268 g/mol. The summed E-state index contributed by atoms with van der Waals surface area (Å²) in [7, 11) is 2.00. The first kappa shape index (κ1) is 14.6. The lowest BCUT2D eigenvalue weighted by molar-refractivity contribution is 0.569. The molecule has 0 radical (unpaired) electrons. The van der Waals surface area contributed by atoms with Crippen LogP contribution >= 0.6 is 0 Å². The molecule has 0 fully saturated rings. The van der Waals surface area contributed by atoms with E-state index in [9.17, 15) is 0 Å². The lowest BCUT2D eigenvalue weighted by Gasteiger charge is -2.16. The third kappa shape index (κ3) is 4.39. The van der Waals surface area contributed by atoms with Crippen molar-refractivity contribution in [1.82, 2.24) is 5.32 Å². The van der Waals surface area contributed by atoms with Crippen molar-refractivity contribution in [3.63, 3.8) is 0 Å². The summed E-state index contributed by atoms with van der Waals surface area (Å²) in [6, 6.07) is 19.2. The maximum atomic E-state index is 3.58. The largest absolute Gasteiger partial charge is 0.384 e. The minimum absolute atomic E-state index is 0.616. The fourth-order valence-corrected chi connectivity index (χ4v) is 2.37. The first-order valence-corrected chi connectivity index (χ1v) is 7.30. The number of benzene rings is 2. The quantitative estimate of drug-likeness (QED) is 0.802. The van der Waals surface area contributed by atoms with Crippen LogP contribution in [0.15, 0.2) is 54.6 Å². The van der Waals surface area contributed by atoms with Crippen molar-refractivity contribution in [3.05, 3.63) is 65.7 Å². The smallest absolute Gasteiger partial charge is 0.0376 e. The molecule has 0 aromatic heterocycles. The van der Waals surface area contributed by atoms with E-state index in [1.807, 2.05) is 7.05 Å². The van der Waals surface area contributed by atoms with Gasteiger partial charge in [-0.15, -0.1) is 0 Å². The Hall–Kier alpha value is -1.80. The first-order valence-electron chi connectivity index (χ1n) is 7.30. The highest BCUT2D eigenvalue weighted by Crippen LogP contribution is 2.19. The Balaban J connectivity index is 2.02. The van der Waals surface area contributed by atoms with Crippen LogP contribution in [0.25, 0.3) is 0 Å². The van der Waals surface area contributed by atoms with Gasteiger partial charge in [-0.05, 0) is 43.1 Å². The van der Waals surface area contributed by atoms with Crippen LogP contribution in [0.5, 0.6) is 0 Å². The standard InChI is InChI=1S/C18H24N2/c1-15(13-19-2)14-20-18-11-7-6-10-17(18)12-16-8-4-3-5-9-16/h3-11,15,19-20H,12-14H2,1-2H3. The molecule has 0 aliphatic rings. The van der Waals surface area contributed by atoms with E-state index in [1.54, 1.807) is 0 Å². The second-order valence-electron chi connectivity index (χ2n) is 5.36. The molecule has 0 aliphatic heterocycles. The van der Waals surface area contributed by atoms with Crippen LogP contribution in [0.1, 0.15) is 18.1 Å². The highest BCUT2D eigenvalue weighted by molar-refractivity contribution is 5.52. The van der Waals surface area contributed by atoms with E-state index < -0.39 is 0 Å². The Morgan fingerprint density at radius 1 is 0.900 bits per heavy atom. The molecule has 106 valence electrons. The van der Waals surface area contributed by atoms with Gasteiger partial charge in [-0.1, -0.05) is 55.5 Å². The molecule has 2 aromatic carbocycles. The SMILES string of the molecule is CNCC(C)CNc1ccccc1Cc1ccccc1. The molecule has 20 heavy (non-hydrogen) atoms. The van der Waals surface area contributed by atoms with Crippen molar-refractivity contribution in [2.24, 2.45) is 5.92 Å². The normalized spacial score (nSPS) is 12.1. The zero-order valence-corrected chi connectivity index (χ0v) is 12.4. The van der Waals surface area contributed by atoms with E-state index in [0.29, 0.717) is 5.92 Å². The fraction of sp³-hybridized carbons (Fsp3) is 0.333. The van der Waals surface area contributed by atoms with Gasteiger partial charge in [-0.3, -0.25) is 0 Å². The third-order valence-corrected chi connectivity index (χ3v) is 3.45. The number of rotatable bonds is 7. The summed E-state index contributed by atoms with van der Waals surface area (Å²) in [4.78, 5) is 0. The highest BCUT2D eigenvalue weighted by atomic mass is 14.9. The van der Waals surface area contributed by atoms with Gasteiger partial charge in [-0.25, -0.2) is 0 Å². The molecule has 2 nitrogen and oxygen atoms in total. The van der Waals surface area contributed by atoms with E-state index in [0.717, 1.165) is 19.5 Å². The molecule has 0 spiro atoms. The minimum atomic E-state index is 0.616. The van der Waals surface area contributed by atoms with Gasteiger partial charge in [0.15, 0.2) is 0 Å². The molecular formula is C18H24N2. The number of para-hydroxylation sites is 1. The average molecular weight is 268 g/mol. The van der Waals surface area contributed by atoms with Crippen molar-refractivity contribution in [1.29, 1.82) is 0 Å². The van der Waals surface area contributed by atoms with Gasteiger partial charge < -0.3 is 10.6 Å². The summed E-state index contributed by atoms with van der Waals surface area (Å²) in [5.41, 5.74) is 3.96. The summed E-state index contributed by atoms with van der Waals surface area (Å²) < 4.78 is 0. The molecule has 2 N–H and O–H groups in total. The minimum Gasteiger partial charge on any atom is -0.384 e. The molecule has 2 heteroatoms. The molecule has 2 rings (SSSR count). The predicted molar refractivity (Wildman–Crippen MR) is 87.3 cm³/mol. The maximum absolute atomic E-state index is 3.58. The summed E-state index contributed by atoms with van der Waals surface area (Å²) in [5, 5.41) is 6.80. The summed E-state index contributed by atoms with van der Waals surface area (Å²) in [6.07, 6.45) is 0.977. The molecule has 0 heterocycles. The number of hydrogen-bond acceptors (Lipinski definition) is 2. The van der Waals surface area contributed by atoms with Crippen molar-refractivity contribution >= 4 is 5.69 Å². The van der Waals surface area contributed by atoms with Crippen molar-refractivity contribution in [2.75, 3.05) is 25.5 Å². The van der Waals surface area contributed by atoms with Gasteiger partial charge >= 0.3 is 0 Å². The molecule has 1 atom stereocenters. The molecule has 0 bridgehead atoms. The van der Waals surface area contributed by atoms with Gasteiger partial charge in [0.2, 0.25) is 0 Å². The molecule has 0 saturated heterocycles. The molecular weight excluding hydrogens is 244 g/mol. The Kier molecular flexibility index (Phi) is 5.63. The zero-order chi connectivity index (χ0) is 14.2. The van der Waals surface area contributed by atoms with Gasteiger partial charge in [-0.2, -0.15) is 0 Å². The lowest BCUT2D eigenvalue weighted by atomic mass is 10.0. The molecule has 2 aromatic rings. The number of hydrogen-bond donors (Lipinski definition) is 2. The van der Waals surface area contributed by atoms with Crippen LogP contribution in [0.4, 0.5) is 5.69 Å². The van der Waals surface area contributed by atoms with E-state index in [1.165, 1.54) is 16.8 Å². The second-order valence-corrected chi connectivity index (χ2v) is 5.36. The van der Waals surface area contributed by atoms with Crippen molar-refractivity contribution < 1.29 is 0 Å². The second kappa shape index (κ2) is 7.71. The Labute approximate surface area is 122 Å². The first-order chi connectivity index (χ1) is 9.79. The Morgan fingerprint density at radius 3 is 2.35 bits per heavy atom. The van der Waals surface area contributed by atoms with Crippen LogP contribution in [0.3, 0.4) is 0 Å². The van der Waals surface area contributed by atoms with Crippen LogP contribution in [-0.2, 0) is 6.42 Å². The predicted octanol–water partition coefficient (Wildman–Crippen LogP) is 3.54. The highest BCUT2D eigenvalue weighted by Gasteiger charge is 2.05. The molecule has 0 aliphatic carbocycles. The lowest BCUT2D eigenvalue weighted by Crippen LogP contribution is -2.23. The van der Waals surface area contributed by atoms with Crippen molar-refractivity contribution in [3.8, 4) is 0 Å². The zero-order valence-electron chi connectivity index (χ0n) is 12.4.